The van der Waals surface area contributed by atoms with Crippen molar-refractivity contribution in [2.24, 2.45) is 22.2 Å². The number of oxime groups is 1. The second kappa shape index (κ2) is 6.95. The molecule has 0 spiro atoms. The minimum absolute atomic E-state index is 0.112. The monoisotopic (exact) mass is 257 g/mol. The number of amidine groups is 1. The second-order valence-electron chi connectivity index (χ2n) is 6.01. The zero-order chi connectivity index (χ0) is 13.6. The van der Waals surface area contributed by atoms with E-state index >= 15 is 0 Å². The van der Waals surface area contributed by atoms with Crippen molar-refractivity contribution in [2.45, 2.75) is 52.1 Å². The van der Waals surface area contributed by atoms with Crippen LogP contribution in [-0.2, 0) is 0 Å². The first kappa shape index (κ1) is 15.2. The molecule has 0 amide bonds. The Balaban J connectivity index is 2.18. The highest BCUT2D eigenvalue weighted by molar-refractivity contribution is 5.85. The Morgan fingerprint density at radius 2 is 2.17 bits per heavy atom. The van der Waals surface area contributed by atoms with Gasteiger partial charge < -0.3 is 21.4 Å². The molecule has 2 unspecified atom stereocenters. The molecular weight excluding hydrogens is 230 g/mol. The highest BCUT2D eigenvalue weighted by Crippen LogP contribution is 2.24. The van der Waals surface area contributed by atoms with Crippen LogP contribution in [0.25, 0.3) is 0 Å². The summed E-state index contributed by atoms with van der Waals surface area (Å²) in [6, 6.07) is 0. The van der Waals surface area contributed by atoms with Crippen molar-refractivity contribution in [2.75, 3.05) is 13.1 Å². The van der Waals surface area contributed by atoms with Crippen molar-refractivity contribution in [3.63, 3.8) is 0 Å². The molecule has 0 aromatic carbocycles. The summed E-state index contributed by atoms with van der Waals surface area (Å²) in [5.74, 6) is 0.859. The third-order valence-corrected chi connectivity index (χ3v) is 3.92. The Labute approximate surface area is 109 Å². The quantitative estimate of drug-likeness (QED) is 0.190. The zero-order valence-corrected chi connectivity index (χ0v) is 11.5. The standard InChI is InChI=1S/C13H27N3O2/c1-13(2,12(14)16-18)6-7-15-9-10-4-3-5-11(17)8-10/h10-11,15,17-18H,3-9H2,1-2H3,(H2,14,16). The zero-order valence-electron chi connectivity index (χ0n) is 11.5. The Bertz CT molecular complexity index is 279. The van der Waals surface area contributed by atoms with E-state index in [-0.39, 0.29) is 17.4 Å². The molecule has 106 valence electrons. The molecule has 0 heterocycles. The van der Waals surface area contributed by atoms with E-state index in [4.69, 9.17) is 10.9 Å². The number of hydrogen-bond acceptors (Lipinski definition) is 4. The molecule has 0 aromatic heterocycles. The number of nitrogens with zero attached hydrogens (tertiary/aromatic N) is 1. The molecule has 0 bridgehead atoms. The van der Waals surface area contributed by atoms with Gasteiger partial charge in [0.05, 0.1) is 6.10 Å². The molecule has 1 saturated carbocycles. The molecule has 1 fully saturated rings. The van der Waals surface area contributed by atoms with Crippen LogP contribution in [0.4, 0.5) is 0 Å². The van der Waals surface area contributed by atoms with Gasteiger partial charge in [0.1, 0.15) is 5.84 Å². The van der Waals surface area contributed by atoms with E-state index in [0.717, 1.165) is 38.8 Å². The van der Waals surface area contributed by atoms with E-state index in [2.05, 4.69) is 10.5 Å². The maximum atomic E-state index is 9.58. The lowest BCUT2D eigenvalue weighted by Crippen LogP contribution is -2.36. The molecule has 5 nitrogen and oxygen atoms in total. The molecule has 2 atom stereocenters. The minimum atomic E-state index is -0.284. The van der Waals surface area contributed by atoms with Gasteiger partial charge in [-0.1, -0.05) is 25.4 Å². The van der Waals surface area contributed by atoms with Crippen molar-refractivity contribution in [1.29, 1.82) is 0 Å². The van der Waals surface area contributed by atoms with Crippen LogP contribution in [0, 0.1) is 11.3 Å². The summed E-state index contributed by atoms with van der Waals surface area (Å²) in [7, 11) is 0. The predicted octanol–water partition coefficient (Wildman–Crippen LogP) is 1.29. The van der Waals surface area contributed by atoms with E-state index in [9.17, 15) is 5.11 Å². The smallest absolute Gasteiger partial charge is 0.144 e. The Morgan fingerprint density at radius 3 is 2.78 bits per heavy atom. The lowest BCUT2D eigenvalue weighted by atomic mass is 9.86. The van der Waals surface area contributed by atoms with E-state index in [1.54, 1.807) is 0 Å². The Morgan fingerprint density at radius 1 is 1.44 bits per heavy atom. The fourth-order valence-corrected chi connectivity index (χ4v) is 2.42. The molecule has 0 aliphatic heterocycles. The van der Waals surface area contributed by atoms with E-state index < -0.39 is 0 Å². The van der Waals surface area contributed by atoms with Crippen LogP contribution in [0.3, 0.4) is 0 Å². The summed E-state index contributed by atoms with van der Waals surface area (Å²) < 4.78 is 0. The average Bonchev–Trinajstić information content (AvgIpc) is 2.33. The number of rotatable bonds is 6. The molecule has 1 aliphatic rings. The first-order valence-electron chi connectivity index (χ1n) is 6.82. The normalized spacial score (nSPS) is 26.3. The van der Waals surface area contributed by atoms with Gasteiger partial charge >= 0.3 is 0 Å². The lowest BCUT2D eigenvalue weighted by molar-refractivity contribution is 0.100. The van der Waals surface area contributed by atoms with Crippen molar-refractivity contribution < 1.29 is 10.3 Å². The molecule has 1 rings (SSSR count). The number of nitrogens with one attached hydrogen (secondary N) is 1. The van der Waals surface area contributed by atoms with Crippen LogP contribution in [0.2, 0.25) is 0 Å². The highest BCUT2D eigenvalue weighted by atomic mass is 16.4. The summed E-state index contributed by atoms with van der Waals surface area (Å²) in [5, 5.41) is 24.7. The fourth-order valence-electron chi connectivity index (χ4n) is 2.42. The van der Waals surface area contributed by atoms with Crippen LogP contribution >= 0.6 is 0 Å². The minimum Gasteiger partial charge on any atom is -0.409 e. The van der Waals surface area contributed by atoms with Gasteiger partial charge in [-0.25, -0.2) is 0 Å². The van der Waals surface area contributed by atoms with Crippen molar-refractivity contribution in [3.05, 3.63) is 0 Å². The van der Waals surface area contributed by atoms with Gasteiger partial charge in [-0.3, -0.25) is 0 Å². The molecule has 18 heavy (non-hydrogen) atoms. The number of aliphatic hydroxyl groups is 1. The van der Waals surface area contributed by atoms with Gasteiger partial charge in [-0.15, -0.1) is 0 Å². The summed E-state index contributed by atoms with van der Waals surface area (Å²) in [5.41, 5.74) is 5.35. The van der Waals surface area contributed by atoms with Crippen molar-refractivity contribution in [3.8, 4) is 0 Å². The first-order valence-corrected chi connectivity index (χ1v) is 6.82. The summed E-state index contributed by atoms with van der Waals surface area (Å²) in [6.07, 6.45) is 4.91. The molecule has 0 radical (unpaired) electrons. The SMILES string of the molecule is CC(C)(CCNCC1CCCC(O)C1)C(N)=NO. The average molecular weight is 257 g/mol. The predicted molar refractivity (Wildman–Crippen MR) is 72.6 cm³/mol. The van der Waals surface area contributed by atoms with Crippen LogP contribution in [0.1, 0.15) is 46.0 Å². The largest absolute Gasteiger partial charge is 0.409 e. The van der Waals surface area contributed by atoms with Gasteiger partial charge in [-0.2, -0.15) is 0 Å². The van der Waals surface area contributed by atoms with Gasteiger partial charge in [0.25, 0.3) is 0 Å². The Kier molecular flexibility index (Phi) is 5.88. The van der Waals surface area contributed by atoms with Crippen molar-refractivity contribution >= 4 is 5.84 Å². The first-order chi connectivity index (χ1) is 8.45. The molecular formula is C13H27N3O2. The van der Waals surface area contributed by atoms with E-state index in [1.807, 2.05) is 13.8 Å². The molecule has 0 saturated heterocycles. The molecule has 5 N–H and O–H groups in total. The van der Waals surface area contributed by atoms with E-state index in [0.29, 0.717) is 5.92 Å². The highest BCUT2D eigenvalue weighted by Gasteiger charge is 2.23. The van der Waals surface area contributed by atoms with Gasteiger partial charge in [-0.05, 0) is 44.7 Å². The van der Waals surface area contributed by atoms with E-state index in [1.165, 1.54) is 6.42 Å². The van der Waals surface area contributed by atoms with Crippen LogP contribution in [0.5, 0.6) is 0 Å². The maximum absolute atomic E-state index is 9.58. The summed E-state index contributed by atoms with van der Waals surface area (Å²) in [6.45, 7) is 5.72. The fraction of sp³-hybridized carbons (Fsp3) is 0.923. The Hall–Kier alpha value is -0.810. The van der Waals surface area contributed by atoms with Crippen LogP contribution < -0.4 is 11.1 Å². The number of nitrogens with two attached hydrogens (primary N) is 1. The molecule has 1 aliphatic carbocycles. The van der Waals surface area contributed by atoms with Crippen molar-refractivity contribution in [1.82, 2.24) is 5.32 Å². The van der Waals surface area contributed by atoms with Crippen LogP contribution in [0.15, 0.2) is 5.16 Å². The van der Waals surface area contributed by atoms with Crippen LogP contribution in [-0.4, -0.2) is 35.3 Å². The topological polar surface area (TPSA) is 90.9 Å². The van der Waals surface area contributed by atoms with Gasteiger partial charge in [0.2, 0.25) is 0 Å². The molecule has 0 aromatic rings. The molecule has 5 heteroatoms. The maximum Gasteiger partial charge on any atom is 0.144 e. The third-order valence-electron chi connectivity index (χ3n) is 3.92. The number of aliphatic hydroxyl groups excluding tert-OH is 1. The second-order valence-corrected chi connectivity index (χ2v) is 6.01. The number of hydrogen-bond donors (Lipinski definition) is 4. The van der Waals surface area contributed by atoms with Gasteiger partial charge in [0, 0.05) is 5.41 Å². The summed E-state index contributed by atoms with van der Waals surface area (Å²) >= 11 is 0. The van der Waals surface area contributed by atoms with Gasteiger partial charge in [0.15, 0.2) is 0 Å². The summed E-state index contributed by atoms with van der Waals surface area (Å²) in [4.78, 5) is 0. The lowest BCUT2D eigenvalue weighted by Gasteiger charge is -2.27. The third kappa shape index (κ3) is 4.82.